The maximum absolute atomic E-state index is 13.1. The van der Waals surface area contributed by atoms with Crippen LogP contribution in [-0.2, 0) is 0 Å². The van der Waals surface area contributed by atoms with E-state index >= 15 is 0 Å². The molecule has 1 aromatic carbocycles. The van der Waals surface area contributed by atoms with E-state index in [1.807, 2.05) is 12.1 Å². The second kappa shape index (κ2) is 5.47. The van der Waals surface area contributed by atoms with Crippen molar-refractivity contribution in [3.8, 4) is 22.4 Å². The maximum atomic E-state index is 13.1. The third kappa shape index (κ3) is 2.46. The number of rotatable bonds is 3. The fraction of sp³-hybridized carbons (Fsp3) is 0. The van der Waals surface area contributed by atoms with Crippen molar-refractivity contribution in [1.82, 2.24) is 23.8 Å². The Morgan fingerprint density at radius 3 is 2.65 bits per heavy atom. The lowest BCUT2D eigenvalue weighted by Gasteiger charge is -2.03. The summed E-state index contributed by atoms with van der Waals surface area (Å²) in [5.41, 5.74) is 3.50. The molecule has 0 saturated carbocycles. The molecule has 0 unspecified atom stereocenters. The van der Waals surface area contributed by atoms with Crippen molar-refractivity contribution < 1.29 is 8.28 Å². The summed E-state index contributed by atoms with van der Waals surface area (Å²) in [7, 11) is 0. The number of nitrogens with zero attached hydrogens (tertiary/aromatic N) is 5. The second-order valence-electron chi connectivity index (χ2n) is 4.85. The standard InChI is InChI=1S/C15H9F2N5S/c16-12-3-1-10(2-4-12)15-13(8-22(20-15)23-17)11-5-6-21-14(7-11)18-9-19-21/h1-9H. The molecule has 4 aromatic rings. The lowest BCUT2D eigenvalue weighted by Crippen LogP contribution is -1.88. The number of hydrogen-bond acceptors (Lipinski definition) is 4. The Labute approximate surface area is 134 Å². The molecule has 0 atom stereocenters. The zero-order valence-electron chi connectivity index (χ0n) is 11.6. The molecule has 4 rings (SSSR count). The van der Waals surface area contributed by atoms with Crippen molar-refractivity contribution in [2.45, 2.75) is 0 Å². The molecule has 0 aliphatic rings. The quantitative estimate of drug-likeness (QED) is 0.574. The molecule has 0 aliphatic carbocycles. The SMILES string of the molecule is FSn1cc(-c2ccn3ncnc3c2)c(-c2ccc(F)cc2)n1. The van der Waals surface area contributed by atoms with Crippen LogP contribution in [0.3, 0.4) is 0 Å². The molecule has 23 heavy (non-hydrogen) atoms. The molecule has 8 heteroatoms. The minimum absolute atomic E-state index is 0.000124. The van der Waals surface area contributed by atoms with Crippen LogP contribution < -0.4 is 0 Å². The fourth-order valence-electron chi connectivity index (χ4n) is 2.40. The number of aromatic nitrogens is 5. The van der Waals surface area contributed by atoms with Gasteiger partial charge in [0.25, 0.3) is 0 Å². The summed E-state index contributed by atoms with van der Waals surface area (Å²) >= 11 is -0.000124. The van der Waals surface area contributed by atoms with Gasteiger partial charge in [0.15, 0.2) is 18.0 Å². The first-order valence-electron chi connectivity index (χ1n) is 6.69. The topological polar surface area (TPSA) is 48.0 Å². The van der Waals surface area contributed by atoms with E-state index in [0.29, 0.717) is 16.9 Å². The average Bonchev–Trinajstić information content (AvgIpc) is 3.21. The Morgan fingerprint density at radius 1 is 1.04 bits per heavy atom. The van der Waals surface area contributed by atoms with Crippen LogP contribution in [0.2, 0.25) is 0 Å². The molecular weight excluding hydrogens is 320 g/mol. The van der Waals surface area contributed by atoms with Crippen LogP contribution in [0, 0.1) is 5.82 Å². The third-order valence-electron chi connectivity index (χ3n) is 3.47. The van der Waals surface area contributed by atoms with Gasteiger partial charge < -0.3 is 0 Å². The first kappa shape index (κ1) is 13.9. The van der Waals surface area contributed by atoms with Crippen molar-refractivity contribution in [2.75, 3.05) is 0 Å². The smallest absolute Gasteiger partial charge is 0.187 e. The van der Waals surface area contributed by atoms with E-state index < -0.39 is 0 Å². The number of pyridine rings is 1. The Bertz CT molecular complexity index is 977. The van der Waals surface area contributed by atoms with Crippen LogP contribution in [0.5, 0.6) is 0 Å². The van der Waals surface area contributed by atoms with E-state index in [4.69, 9.17) is 0 Å². The predicted molar refractivity (Wildman–Crippen MR) is 83.7 cm³/mol. The highest BCUT2D eigenvalue weighted by molar-refractivity contribution is 7.92. The monoisotopic (exact) mass is 329 g/mol. The van der Waals surface area contributed by atoms with Gasteiger partial charge in [0.2, 0.25) is 0 Å². The molecule has 3 aromatic heterocycles. The zero-order valence-corrected chi connectivity index (χ0v) is 12.4. The van der Waals surface area contributed by atoms with Crippen LogP contribution in [0.15, 0.2) is 55.1 Å². The predicted octanol–water partition coefficient (Wildman–Crippen LogP) is 3.78. The van der Waals surface area contributed by atoms with Gasteiger partial charge in [-0.15, -0.1) is 3.89 Å². The summed E-state index contributed by atoms with van der Waals surface area (Å²) < 4.78 is 28.8. The zero-order chi connectivity index (χ0) is 15.8. The van der Waals surface area contributed by atoms with Crippen LogP contribution in [0.25, 0.3) is 28.0 Å². The molecule has 0 N–H and O–H groups in total. The number of benzene rings is 1. The molecule has 5 nitrogen and oxygen atoms in total. The van der Waals surface area contributed by atoms with Gasteiger partial charge in [-0.05, 0) is 42.0 Å². The first-order valence-corrected chi connectivity index (χ1v) is 7.36. The van der Waals surface area contributed by atoms with Crippen LogP contribution >= 0.6 is 12.3 Å². The first-order chi connectivity index (χ1) is 11.2. The van der Waals surface area contributed by atoms with Crippen LogP contribution in [0.1, 0.15) is 0 Å². The Balaban J connectivity index is 1.89. The van der Waals surface area contributed by atoms with Gasteiger partial charge in [-0.1, -0.05) is 0 Å². The highest BCUT2D eigenvalue weighted by atomic mass is 32.2. The van der Waals surface area contributed by atoms with Crippen molar-refractivity contribution in [1.29, 1.82) is 0 Å². The molecule has 0 amide bonds. The van der Waals surface area contributed by atoms with E-state index in [0.717, 1.165) is 15.2 Å². The van der Waals surface area contributed by atoms with Gasteiger partial charge in [0.1, 0.15) is 17.8 Å². The minimum atomic E-state index is -0.334. The Kier molecular flexibility index (Phi) is 3.30. The molecule has 0 radical (unpaired) electrons. The Morgan fingerprint density at radius 2 is 1.87 bits per heavy atom. The summed E-state index contributed by atoms with van der Waals surface area (Å²) in [6, 6.07) is 9.61. The normalized spacial score (nSPS) is 11.2. The molecule has 0 bridgehead atoms. The molecule has 114 valence electrons. The lowest BCUT2D eigenvalue weighted by atomic mass is 10.0. The molecular formula is C15H9F2N5S. The minimum Gasteiger partial charge on any atom is -0.221 e. The number of halogens is 2. The third-order valence-corrected chi connectivity index (χ3v) is 3.80. The Hall–Kier alpha value is -2.74. The number of hydrogen-bond donors (Lipinski definition) is 0. The van der Waals surface area contributed by atoms with Gasteiger partial charge >= 0.3 is 0 Å². The second-order valence-corrected chi connectivity index (χ2v) is 5.36. The number of fused-ring (bicyclic) bond motifs is 1. The van der Waals surface area contributed by atoms with Gasteiger partial charge in [-0.3, -0.25) is 0 Å². The van der Waals surface area contributed by atoms with Gasteiger partial charge in [0.05, 0.1) is 0 Å². The molecule has 0 fully saturated rings. The molecule has 0 aliphatic heterocycles. The fourth-order valence-corrected chi connectivity index (χ4v) is 2.66. The average molecular weight is 329 g/mol. The highest BCUT2D eigenvalue weighted by Crippen LogP contribution is 2.32. The maximum Gasteiger partial charge on any atom is 0.187 e. The summed E-state index contributed by atoms with van der Waals surface area (Å²) in [5, 5.41) is 8.26. The molecule has 3 heterocycles. The van der Waals surface area contributed by atoms with E-state index in [-0.39, 0.29) is 18.2 Å². The van der Waals surface area contributed by atoms with E-state index in [2.05, 4.69) is 15.2 Å². The van der Waals surface area contributed by atoms with Crippen molar-refractivity contribution >= 4 is 18.0 Å². The van der Waals surface area contributed by atoms with Crippen molar-refractivity contribution in [3.05, 3.63) is 60.9 Å². The molecule has 0 saturated heterocycles. The van der Waals surface area contributed by atoms with Gasteiger partial charge in [0, 0.05) is 23.5 Å². The lowest BCUT2D eigenvalue weighted by molar-refractivity contribution is 0.628. The molecule has 0 spiro atoms. The van der Waals surface area contributed by atoms with Crippen LogP contribution in [0.4, 0.5) is 8.28 Å². The largest absolute Gasteiger partial charge is 0.221 e. The van der Waals surface area contributed by atoms with Gasteiger partial charge in [-0.25, -0.2) is 13.9 Å². The summed E-state index contributed by atoms with van der Waals surface area (Å²) in [6.07, 6.45) is 4.82. The van der Waals surface area contributed by atoms with E-state index in [1.54, 1.807) is 29.0 Å². The van der Waals surface area contributed by atoms with E-state index in [9.17, 15) is 8.28 Å². The summed E-state index contributed by atoms with van der Waals surface area (Å²) in [4.78, 5) is 4.14. The van der Waals surface area contributed by atoms with Crippen molar-refractivity contribution in [2.24, 2.45) is 0 Å². The van der Waals surface area contributed by atoms with E-state index in [1.165, 1.54) is 18.5 Å². The van der Waals surface area contributed by atoms with Gasteiger partial charge in [-0.2, -0.15) is 14.3 Å². The summed E-state index contributed by atoms with van der Waals surface area (Å²) in [5.74, 6) is -0.334. The van der Waals surface area contributed by atoms with Crippen molar-refractivity contribution in [3.63, 3.8) is 0 Å². The highest BCUT2D eigenvalue weighted by Gasteiger charge is 2.15. The van der Waals surface area contributed by atoms with Crippen LogP contribution in [-0.4, -0.2) is 23.8 Å². The summed E-state index contributed by atoms with van der Waals surface area (Å²) in [6.45, 7) is 0.